The normalized spacial score (nSPS) is 27.1. The van der Waals surface area contributed by atoms with E-state index in [0.29, 0.717) is 55.2 Å². The second kappa shape index (κ2) is 14.1. The minimum absolute atomic E-state index is 0.0526. The molecule has 0 radical (unpaired) electrons. The smallest absolute Gasteiger partial charge is 0.319 e. The molecule has 54 heavy (non-hydrogen) atoms. The van der Waals surface area contributed by atoms with Crippen LogP contribution in [0.25, 0.3) is 32.9 Å². The Kier molecular flexibility index (Phi) is 9.11. The Morgan fingerprint density at radius 3 is 2.80 bits per heavy atom. The Balaban J connectivity index is 1.04. The molecule has 7 heterocycles. The zero-order valence-corrected chi connectivity index (χ0v) is 29.8. The summed E-state index contributed by atoms with van der Waals surface area (Å²) in [5.74, 6) is -1.07. The van der Waals surface area contributed by atoms with Crippen LogP contribution < -0.4 is 9.64 Å². The number of carbonyl (C=O) groups is 1. The molecule has 5 aliphatic rings. The number of halogens is 3. The van der Waals surface area contributed by atoms with Crippen molar-refractivity contribution in [2.75, 3.05) is 63.9 Å². The third-order valence-electron chi connectivity index (χ3n) is 12.0. The van der Waals surface area contributed by atoms with Crippen molar-refractivity contribution in [1.29, 1.82) is 5.26 Å². The zero-order chi connectivity index (χ0) is 37.0. The van der Waals surface area contributed by atoms with Gasteiger partial charge in [-0.15, -0.1) is 0 Å². The summed E-state index contributed by atoms with van der Waals surface area (Å²) in [5, 5.41) is 11.0. The van der Waals surface area contributed by atoms with Crippen molar-refractivity contribution in [3.8, 4) is 23.3 Å². The number of amides is 1. The summed E-state index contributed by atoms with van der Waals surface area (Å²) in [7, 11) is 0. The molecule has 14 heteroatoms. The number of nitriles is 1. The van der Waals surface area contributed by atoms with Crippen molar-refractivity contribution < 1.29 is 27.4 Å². The molecule has 0 N–H and O–H groups in total. The maximum absolute atomic E-state index is 16.9. The van der Waals surface area contributed by atoms with Crippen LogP contribution in [-0.2, 0) is 9.53 Å². The van der Waals surface area contributed by atoms with E-state index in [4.69, 9.17) is 14.5 Å². The fourth-order valence-electron chi connectivity index (χ4n) is 9.36. The molecule has 9 rings (SSSR count). The quantitative estimate of drug-likeness (QED) is 0.217. The fraction of sp³-hybridized carbons (Fsp3) is 0.475. The second-order valence-electron chi connectivity index (χ2n) is 15.2. The van der Waals surface area contributed by atoms with Gasteiger partial charge in [-0.2, -0.15) is 15.2 Å². The number of aromatic nitrogens is 3. The van der Waals surface area contributed by atoms with Gasteiger partial charge in [0.15, 0.2) is 5.82 Å². The molecule has 4 aromatic rings. The van der Waals surface area contributed by atoms with E-state index in [0.717, 1.165) is 39.0 Å². The largest absolute Gasteiger partial charge is 0.461 e. The standard InChI is InChI=1S/C40H41F3N8O3/c41-26-18-40(11-4-14-50(40)20-26)24-54-39-46-37-31(19-45-36(35(37)43)30-7-1-5-25-6-2-8-32(42)34(25)30)38(47-39)49-15-16-51(27(21-49)10-12-44)33(52)9-3-13-48-22-29-17-28(48)23-53-29/h1-3,5-9,19,26-29H,4,10-11,13-18,20-24H2/b9-3+/t26-,27+,28-,29-,40+/m1/s1. The summed E-state index contributed by atoms with van der Waals surface area (Å²) < 4.78 is 58.6. The van der Waals surface area contributed by atoms with E-state index in [-0.39, 0.29) is 59.8 Å². The van der Waals surface area contributed by atoms with E-state index in [1.807, 2.05) is 11.0 Å². The summed E-state index contributed by atoms with van der Waals surface area (Å²) in [6.45, 7) is 4.43. The van der Waals surface area contributed by atoms with Crippen LogP contribution in [0.2, 0.25) is 0 Å². The van der Waals surface area contributed by atoms with Gasteiger partial charge >= 0.3 is 6.01 Å². The minimum Gasteiger partial charge on any atom is -0.461 e. The van der Waals surface area contributed by atoms with Gasteiger partial charge in [0, 0.05) is 75.0 Å². The summed E-state index contributed by atoms with van der Waals surface area (Å²) in [5.41, 5.74) is -0.319. The van der Waals surface area contributed by atoms with E-state index >= 15 is 8.78 Å². The lowest BCUT2D eigenvalue weighted by atomic mass is 9.95. The third-order valence-corrected chi connectivity index (χ3v) is 12.0. The monoisotopic (exact) mass is 738 g/mol. The number of rotatable bonds is 9. The van der Waals surface area contributed by atoms with Crippen LogP contribution in [-0.4, -0.2) is 124 Å². The number of nitrogens with zero attached hydrogens (tertiary/aromatic N) is 8. The maximum Gasteiger partial charge on any atom is 0.319 e. The molecular formula is C40H41F3N8O3. The number of morpholine rings is 1. The Hall–Kier alpha value is -4.84. The number of piperazine rings is 1. The highest BCUT2D eigenvalue weighted by Gasteiger charge is 2.49. The van der Waals surface area contributed by atoms with Crippen molar-refractivity contribution in [2.24, 2.45) is 0 Å². The Bertz CT molecular complexity index is 2180. The minimum atomic E-state index is -0.954. The summed E-state index contributed by atoms with van der Waals surface area (Å²) >= 11 is 0. The molecule has 0 saturated carbocycles. The van der Waals surface area contributed by atoms with Gasteiger partial charge in [0.25, 0.3) is 0 Å². The van der Waals surface area contributed by atoms with Crippen LogP contribution in [0.15, 0.2) is 54.7 Å². The molecule has 2 aromatic heterocycles. The number of hydrogen-bond donors (Lipinski definition) is 0. The van der Waals surface area contributed by atoms with Crippen LogP contribution in [0.1, 0.15) is 32.1 Å². The first-order valence-electron chi connectivity index (χ1n) is 18.8. The van der Waals surface area contributed by atoms with E-state index in [9.17, 15) is 14.4 Å². The van der Waals surface area contributed by atoms with E-state index in [1.165, 1.54) is 12.3 Å². The van der Waals surface area contributed by atoms with Gasteiger partial charge in [0.2, 0.25) is 5.91 Å². The predicted octanol–water partition coefficient (Wildman–Crippen LogP) is 5.04. The summed E-state index contributed by atoms with van der Waals surface area (Å²) in [6, 6.07) is 11.9. The number of carbonyl (C=O) groups excluding carboxylic acids is 1. The molecule has 280 valence electrons. The van der Waals surface area contributed by atoms with Gasteiger partial charge in [-0.25, -0.2) is 13.2 Å². The third kappa shape index (κ3) is 6.21. The van der Waals surface area contributed by atoms with Crippen LogP contribution in [0.5, 0.6) is 6.01 Å². The Morgan fingerprint density at radius 1 is 1.11 bits per heavy atom. The molecule has 5 aliphatic heterocycles. The molecule has 1 amide bonds. The fourth-order valence-corrected chi connectivity index (χ4v) is 9.36. The Labute approximate surface area is 311 Å². The lowest BCUT2D eigenvalue weighted by Crippen LogP contribution is -2.55. The van der Waals surface area contributed by atoms with Gasteiger partial charge in [0.05, 0.1) is 42.2 Å². The molecule has 5 atom stereocenters. The average Bonchev–Trinajstić information content (AvgIpc) is 3.96. The molecule has 0 unspecified atom stereocenters. The summed E-state index contributed by atoms with van der Waals surface area (Å²) in [6.07, 6.45) is 7.44. The summed E-state index contributed by atoms with van der Waals surface area (Å²) in [4.78, 5) is 35.4. The average molecular weight is 739 g/mol. The zero-order valence-electron chi connectivity index (χ0n) is 29.8. The molecule has 2 aromatic carbocycles. The van der Waals surface area contributed by atoms with E-state index < -0.39 is 29.4 Å². The highest BCUT2D eigenvalue weighted by molar-refractivity contribution is 5.99. The number of ether oxygens (including phenoxy) is 2. The van der Waals surface area contributed by atoms with E-state index in [1.54, 1.807) is 41.3 Å². The van der Waals surface area contributed by atoms with Crippen LogP contribution >= 0.6 is 0 Å². The topological polar surface area (TPSA) is 111 Å². The number of likely N-dealkylation sites (tertiary alicyclic amines) is 1. The molecule has 5 fully saturated rings. The molecule has 0 spiro atoms. The number of benzene rings is 2. The van der Waals surface area contributed by atoms with Gasteiger partial charge in [-0.1, -0.05) is 36.4 Å². The number of fused-ring (bicyclic) bond motifs is 5. The van der Waals surface area contributed by atoms with Crippen molar-refractivity contribution in [3.05, 3.63) is 66.4 Å². The highest BCUT2D eigenvalue weighted by atomic mass is 19.1. The van der Waals surface area contributed by atoms with Crippen LogP contribution in [0.3, 0.4) is 0 Å². The van der Waals surface area contributed by atoms with Crippen molar-refractivity contribution in [2.45, 2.75) is 62.0 Å². The van der Waals surface area contributed by atoms with Gasteiger partial charge < -0.3 is 19.3 Å². The number of alkyl halides is 1. The van der Waals surface area contributed by atoms with Gasteiger partial charge in [-0.3, -0.25) is 19.6 Å². The first-order chi connectivity index (χ1) is 26.3. The SMILES string of the molecule is N#CC[C@H]1CN(c2nc(OC[C@@]34CCCN3C[C@H](F)C4)nc3c(F)c(-c4cccc5cccc(F)c45)ncc23)CCN1C(=O)/C=C/CN1C[C@H]2C[C@@H]1CO2. The highest BCUT2D eigenvalue weighted by Crippen LogP contribution is 2.41. The van der Waals surface area contributed by atoms with Crippen molar-refractivity contribution in [3.63, 3.8) is 0 Å². The maximum atomic E-state index is 16.9. The lowest BCUT2D eigenvalue weighted by Gasteiger charge is -2.41. The van der Waals surface area contributed by atoms with E-state index in [2.05, 4.69) is 25.8 Å². The number of pyridine rings is 1. The molecule has 2 bridgehead atoms. The van der Waals surface area contributed by atoms with Crippen LogP contribution in [0.4, 0.5) is 19.0 Å². The lowest BCUT2D eigenvalue weighted by molar-refractivity contribution is -0.128. The molecule has 0 aliphatic carbocycles. The van der Waals surface area contributed by atoms with Crippen molar-refractivity contribution >= 4 is 33.4 Å². The second-order valence-corrected chi connectivity index (χ2v) is 15.2. The predicted molar refractivity (Wildman–Crippen MR) is 196 cm³/mol. The Morgan fingerprint density at radius 2 is 1.98 bits per heavy atom. The molecule has 5 saturated heterocycles. The van der Waals surface area contributed by atoms with Crippen LogP contribution in [0, 0.1) is 23.0 Å². The molecular weight excluding hydrogens is 697 g/mol. The van der Waals surface area contributed by atoms with Crippen molar-refractivity contribution in [1.82, 2.24) is 29.7 Å². The van der Waals surface area contributed by atoms with Gasteiger partial charge in [0.1, 0.15) is 35.6 Å². The van der Waals surface area contributed by atoms with Gasteiger partial charge in [-0.05, 0) is 37.3 Å². The molecule has 11 nitrogen and oxygen atoms in total. The number of hydrogen-bond acceptors (Lipinski definition) is 10. The number of anilines is 1. The first-order valence-corrected chi connectivity index (χ1v) is 18.8. The first kappa shape index (κ1) is 34.9.